The van der Waals surface area contributed by atoms with Crippen molar-refractivity contribution in [3.8, 4) is 0 Å². The smallest absolute Gasteiger partial charge is 0.407 e. The van der Waals surface area contributed by atoms with Gasteiger partial charge >= 0.3 is 24.0 Å². The Balaban J connectivity index is 4.71. The number of carboxylic acids is 1. The molecule has 0 aliphatic heterocycles. The maximum atomic E-state index is 11.9. The van der Waals surface area contributed by atoms with Crippen LogP contribution in [0.5, 0.6) is 0 Å². The van der Waals surface area contributed by atoms with E-state index in [0.29, 0.717) is 0 Å². The number of hydrogen-bond acceptors (Lipinski definition) is 8. The van der Waals surface area contributed by atoms with E-state index in [9.17, 15) is 24.3 Å². The number of rotatable bonds is 12. The molecule has 0 aromatic heterocycles. The zero-order valence-corrected chi connectivity index (χ0v) is 18.2. The lowest BCUT2D eigenvalue weighted by molar-refractivity contribution is -0.146. The van der Waals surface area contributed by atoms with Crippen molar-refractivity contribution in [1.82, 2.24) is 5.32 Å². The number of aliphatic carboxylic acids is 1. The number of thioether (sulfide) groups is 1. The lowest BCUT2D eigenvalue weighted by Gasteiger charge is -2.19. The van der Waals surface area contributed by atoms with Crippen molar-refractivity contribution in [1.29, 1.82) is 0 Å². The summed E-state index contributed by atoms with van der Waals surface area (Å²) < 4.78 is 14.4. The summed E-state index contributed by atoms with van der Waals surface area (Å²) in [6, 6.07) is -0.318. The number of alkyl carbamates (subject to hydrolysis) is 1. The first-order valence-electron chi connectivity index (χ1n) is 8.51. The Bertz CT molecular complexity index is 523. The van der Waals surface area contributed by atoms with Gasteiger partial charge in [-0.2, -0.15) is 0 Å². The minimum atomic E-state index is -1.37. The van der Waals surface area contributed by atoms with Crippen LogP contribution in [0.2, 0.25) is 25.7 Å². The molecule has 27 heavy (non-hydrogen) atoms. The van der Waals surface area contributed by atoms with Crippen LogP contribution in [-0.4, -0.2) is 74.5 Å². The molecule has 0 heterocycles. The van der Waals surface area contributed by atoms with Gasteiger partial charge in [-0.25, -0.2) is 9.59 Å². The molecule has 11 heteroatoms. The SMILES string of the molecule is CCOC(=O)CC(SC[C@H](NC(=O)OCC[Si](C)(C)C)C(=O)OC)C(=O)O. The first-order valence-corrected chi connectivity index (χ1v) is 13.3. The quantitative estimate of drug-likeness (QED) is 0.274. The summed E-state index contributed by atoms with van der Waals surface area (Å²) in [5.74, 6) is -2.68. The van der Waals surface area contributed by atoms with E-state index in [-0.39, 0.29) is 25.4 Å². The van der Waals surface area contributed by atoms with Gasteiger partial charge in [0, 0.05) is 13.8 Å². The van der Waals surface area contributed by atoms with Crippen LogP contribution in [-0.2, 0) is 28.6 Å². The van der Waals surface area contributed by atoms with Crippen LogP contribution in [0.25, 0.3) is 0 Å². The molecule has 0 aromatic carbocycles. The summed E-state index contributed by atoms with van der Waals surface area (Å²) in [7, 11) is -0.210. The molecule has 0 fully saturated rings. The van der Waals surface area contributed by atoms with Gasteiger partial charge in [-0.05, 0) is 13.0 Å². The zero-order chi connectivity index (χ0) is 21.0. The second-order valence-corrected chi connectivity index (χ2v) is 13.7. The summed E-state index contributed by atoms with van der Waals surface area (Å²) in [5, 5.41) is 10.5. The molecule has 0 spiro atoms. The van der Waals surface area contributed by atoms with Crippen LogP contribution in [0.4, 0.5) is 4.79 Å². The Kier molecular flexibility index (Phi) is 11.8. The van der Waals surface area contributed by atoms with Crippen molar-refractivity contribution in [3.05, 3.63) is 0 Å². The third-order valence-corrected chi connectivity index (χ3v) is 6.26. The number of amides is 1. The number of esters is 2. The number of carbonyl (C=O) groups excluding carboxylic acids is 3. The normalized spacial score (nSPS) is 13.2. The maximum absolute atomic E-state index is 11.9. The van der Waals surface area contributed by atoms with Crippen molar-refractivity contribution in [3.63, 3.8) is 0 Å². The molecule has 1 unspecified atom stereocenters. The molecule has 2 N–H and O–H groups in total. The van der Waals surface area contributed by atoms with E-state index in [1.54, 1.807) is 6.92 Å². The number of nitrogens with one attached hydrogen (secondary N) is 1. The van der Waals surface area contributed by atoms with E-state index in [4.69, 9.17) is 9.47 Å². The molecule has 0 saturated heterocycles. The fraction of sp³-hybridized carbons (Fsp3) is 0.750. The van der Waals surface area contributed by atoms with Gasteiger partial charge in [0.15, 0.2) is 0 Å². The molecule has 2 atom stereocenters. The fourth-order valence-electron chi connectivity index (χ4n) is 1.75. The minimum absolute atomic E-state index is 0.0911. The highest BCUT2D eigenvalue weighted by Gasteiger charge is 2.28. The number of carbonyl (C=O) groups is 4. The van der Waals surface area contributed by atoms with Crippen LogP contribution in [0, 0.1) is 0 Å². The van der Waals surface area contributed by atoms with Gasteiger partial charge in [-0.15, -0.1) is 11.8 Å². The van der Waals surface area contributed by atoms with E-state index in [2.05, 4.69) is 29.7 Å². The molecule has 0 bridgehead atoms. The van der Waals surface area contributed by atoms with Crippen molar-refractivity contribution in [2.75, 3.05) is 26.1 Å². The second-order valence-electron chi connectivity index (χ2n) is 6.84. The standard InChI is InChI=1S/C16H29NO8SSi/c1-6-24-13(18)9-12(14(19)20)26-10-11(15(21)23-2)17-16(22)25-7-8-27(3,4)5/h11-12H,6-10H2,1-5H3,(H,17,22)(H,19,20)/t11-,12?/m0/s1. The minimum Gasteiger partial charge on any atom is -0.480 e. The summed E-state index contributed by atoms with van der Waals surface area (Å²) in [5.41, 5.74) is 0. The molecule has 0 aliphatic rings. The lowest BCUT2D eigenvalue weighted by atomic mass is 10.3. The predicted octanol–water partition coefficient (Wildman–Crippen LogP) is 1.73. The van der Waals surface area contributed by atoms with Gasteiger partial charge in [0.1, 0.15) is 11.3 Å². The Labute approximate surface area is 164 Å². The molecule has 0 saturated carbocycles. The average molecular weight is 424 g/mol. The van der Waals surface area contributed by atoms with Gasteiger partial charge in [0.05, 0.1) is 26.7 Å². The molecule has 0 aliphatic carbocycles. The van der Waals surface area contributed by atoms with Gasteiger partial charge in [0.25, 0.3) is 0 Å². The summed E-state index contributed by atoms with van der Waals surface area (Å²) in [4.78, 5) is 46.5. The van der Waals surface area contributed by atoms with Gasteiger partial charge in [-0.3, -0.25) is 9.59 Å². The maximum Gasteiger partial charge on any atom is 0.407 e. The second kappa shape index (κ2) is 12.6. The third-order valence-electron chi connectivity index (χ3n) is 3.26. The van der Waals surface area contributed by atoms with Crippen LogP contribution in [0.15, 0.2) is 0 Å². The lowest BCUT2D eigenvalue weighted by Crippen LogP contribution is -2.44. The van der Waals surface area contributed by atoms with Crippen LogP contribution in [0.1, 0.15) is 13.3 Å². The molecular weight excluding hydrogens is 394 g/mol. The van der Waals surface area contributed by atoms with Crippen molar-refractivity contribution in [2.45, 2.75) is 50.3 Å². The van der Waals surface area contributed by atoms with Gasteiger partial charge < -0.3 is 24.6 Å². The molecule has 0 aromatic rings. The van der Waals surface area contributed by atoms with Crippen molar-refractivity contribution in [2.24, 2.45) is 0 Å². The van der Waals surface area contributed by atoms with Gasteiger partial charge in [-0.1, -0.05) is 19.6 Å². The van der Waals surface area contributed by atoms with Crippen molar-refractivity contribution < 1.29 is 38.5 Å². The number of hydrogen-bond donors (Lipinski definition) is 2. The monoisotopic (exact) mass is 423 g/mol. The largest absolute Gasteiger partial charge is 0.480 e. The molecule has 1 amide bonds. The van der Waals surface area contributed by atoms with E-state index < -0.39 is 43.4 Å². The Morgan fingerprint density at radius 1 is 1.15 bits per heavy atom. The molecular formula is C16H29NO8SSi. The first kappa shape index (κ1) is 25.2. The highest BCUT2D eigenvalue weighted by atomic mass is 32.2. The Hall–Kier alpha value is -1.75. The molecule has 0 radical (unpaired) electrons. The zero-order valence-electron chi connectivity index (χ0n) is 16.4. The molecule has 0 rings (SSSR count). The van der Waals surface area contributed by atoms with E-state index >= 15 is 0 Å². The third kappa shape index (κ3) is 12.3. The molecule has 156 valence electrons. The van der Waals surface area contributed by atoms with Crippen LogP contribution >= 0.6 is 11.8 Å². The van der Waals surface area contributed by atoms with E-state index in [1.807, 2.05) is 0 Å². The Morgan fingerprint density at radius 3 is 2.26 bits per heavy atom. The van der Waals surface area contributed by atoms with E-state index in [0.717, 1.165) is 24.9 Å². The number of ether oxygens (including phenoxy) is 3. The van der Waals surface area contributed by atoms with Crippen LogP contribution < -0.4 is 5.32 Å². The summed E-state index contributed by atoms with van der Waals surface area (Å²) >= 11 is 0.841. The first-order chi connectivity index (χ1) is 12.5. The highest BCUT2D eigenvalue weighted by molar-refractivity contribution is 8.00. The topological polar surface area (TPSA) is 128 Å². The fourth-order valence-corrected chi connectivity index (χ4v) is 3.50. The summed E-state index contributed by atoms with van der Waals surface area (Å²) in [6.07, 6.45) is -1.12. The molecule has 9 nitrogen and oxygen atoms in total. The van der Waals surface area contributed by atoms with E-state index in [1.165, 1.54) is 0 Å². The average Bonchev–Trinajstić information content (AvgIpc) is 2.55. The highest BCUT2D eigenvalue weighted by Crippen LogP contribution is 2.18. The van der Waals surface area contributed by atoms with Crippen LogP contribution in [0.3, 0.4) is 0 Å². The van der Waals surface area contributed by atoms with Gasteiger partial charge in [0.2, 0.25) is 0 Å². The number of methoxy groups -OCH3 is 1. The summed E-state index contributed by atoms with van der Waals surface area (Å²) in [6.45, 7) is 8.41. The predicted molar refractivity (Wildman–Crippen MR) is 104 cm³/mol. The van der Waals surface area contributed by atoms with Crippen molar-refractivity contribution >= 4 is 43.8 Å². The Morgan fingerprint density at radius 2 is 1.78 bits per heavy atom. The number of carboxylic acid groups (broad SMARTS) is 1.